The average Bonchev–Trinajstić information content (AvgIpc) is 3.20. The monoisotopic (exact) mass is 358 g/mol. The molecule has 0 bridgehead atoms. The van der Waals surface area contributed by atoms with Crippen LogP contribution in [-0.2, 0) is 6.67 Å². The molecule has 2 aromatic carbocycles. The molecule has 0 N–H and O–H groups in total. The fourth-order valence-electron chi connectivity index (χ4n) is 3.58. The van der Waals surface area contributed by atoms with Crippen LogP contribution in [0.2, 0.25) is 5.02 Å². The lowest BCUT2D eigenvalue weighted by Gasteiger charge is -2.25. The van der Waals surface area contributed by atoms with E-state index in [0.717, 1.165) is 30.7 Å². The average molecular weight is 359 g/mol. The van der Waals surface area contributed by atoms with E-state index in [2.05, 4.69) is 17.0 Å². The number of oxazole rings is 1. The predicted octanol–water partition coefficient (Wildman–Crippen LogP) is 4.05. The SMILES string of the molecule is COc1cccc(C2CCCN2Cn2c(=O)oc3cc(Cl)ccc32)c1. The van der Waals surface area contributed by atoms with Crippen molar-refractivity contribution in [3.8, 4) is 5.75 Å². The van der Waals surface area contributed by atoms with Gasteiger partial charge < -0.3 is 9.15 Å². The van der Waals surface area contributed by atoms with Gasteiger partial charge in [-0.3, -0.25) is 9.47 Å². The minimum atomic E-state index is -0.353. The van der Waals surface area contributed by atoms with Crippen molar-refractivity contribution in [3.63, 3.8) is 0 Å². The van der Waals surface area contributed by atoms with Gasteiger partial charge in [0.15, 0.2) is 5.58 Å². The summed E-state index contributed by atoms with van der Waals surface area (Å²) in [5.41, 5.74) is 2.50. The second-order valence-corrected chi connectivity index (χ2v) is 6.73. The van der Waals surface area contributed by atoms with Gasteiger partial charge in [0, 0.05) is 23.7 Å². The quantitative estimate of drug-likeness (QED) is 0.706. The molecule has 1 aliphatic heterocycles. The second kappa shape index (κ2) is 6.58. The third-order valence-corrected chi connectivity index (χ3v) is 5.03. The zero-order valence-corrected chi connectivity index (χ0v) is 14.7. The summed E-state index contributed by atoms with van der Waals surface area (Å²) in [6.45, 7) is 1.43. The van der Waals surface area contributed by atoms with E-state index in [9.17, 15) is 4.79 Å². The summed E-state index contributed by atoms with van der Waals surface area (Å²) in [7, 11) is 1.67. The molecule has 1 aliphatic rings. The van der Waals surface area contributed by atoms with E-state index in [1.807, 2.05) is 18.2 Å². The fourth-order valence-corrected chi connectivity index (χ4v) is 3.74. The summed E-state index contributed by atoms with van der Waals surface area (Å²) in [5.74, 6) is 0.499. The highest BCUT2D eigenvalue weighted by Gasteiger charge is 2.27. The van der Waals surface area contributed by atoms with Gasteiger partial charge in [0.25, 0.3) is 0 Å². The largest absolute Gasteiger partial charge is 0.497 e. The lowest BCUT2D eigenvalue weighted by Crippen LogP contribution is -2.30. The molecule has 25 heavy (non-hydrogen) atoms. The van der Waals surface area contributed by atoms with E-state index in [1.165, 1.54) is 5.56 Å². The maximum Gasteiger partial charge on any atom is 0.421 e. The summed E-state index contributed by atoms with van der Waals surface area (Å²) in [6, 6.07) is 13.7. The molecule has 3 aromatic rings. The first-order valence-electron chi connectivity index (χ1n) is 8.32. The van der Waals surface area contributed by atoms with Crippen molar-refractivity contribution < 1.29 is 9.15 Å². The van der Waals surface area contributed by atoms with E-state index >= 15 is 0 Å². The lowest BCUT2D eigenvalue weighted by atomic mass is 10.0. The third kappa shape index (κ3) is 3.05. The molecule has 0 saturated carbocycles. The fraction of sp³-hybridized carbons (Fsp3) is 0.316. The van der Waals surface area contributed by atoms with Gasteiger partial charge in [-0.1, -0.05) is 23.7 Å². The Morgan fingerprint density at radius 3 is 3.00 bits per heavy atom. The number of hydrogen-bond donors (Lipinski definition) is 0. The van der Waals surface area contributed by atoms with Crippen LogP contribution >= 0.6 is 11.6 Å². The summed E-state index contributed by atoms with van der Waals surface area (Å²) < 4.78 is 12.4. The van der Waals surface area contributed by atoms with Crippen LogP contribution in [-0.4, -0.2) is 23.1 Å². The van der Waals surface area contributed by atoms with Crippen LogP contribution in [0.3, 0.4) is 0 Å². The molecule has 130 valence electrons. The number of aromatic nitrogens is 1. The summed E-state index contributed by atoms with van der Waals surface area (Å²) in [5, 5.41) is 0.559. The first kappa shape index (κ1) is 16.2. The zero-order chi connectivity index (χ0) is 17.4. The number of fused-ring (bicyclic) bond motifs is 1. The van der Waals surface area contributed by atoms with Crippen LogP contribution in [0.1, 0.15) is 24.4 Å². The molecule has 0 aliphatic carbocycles. The topological polar surface area (TPSA) is 47.6 Å². The van der Waals surface area contributed by atoms with Crippen LogP contribution in [0.25, 0.3) is 11.1 Å². The van der Waals surface area contributed by atoms with Crippen molar-refractivity contribution in [2.24, 2.45) is 0 Å². The Morgan fingerprint density at radius 2 is 2.16 bits per heavy atom. The minimum absolute atomic E-state index is 0.263. The molecule has 1 aromatic heterocycles. The van der Waals surface area contributed by atoms with Gasteiger partial charge in [-0.2, -0.15) is 0 Å². The van der Waals surface area contributed by atoms with Crippen LogP contribution in [0.5, 0.6) is 5.75 Å². The lowest BCUT2D eigenvalue weighted by molar-refractivity contribution is 0.198. The van der Waals surface area contributed by atoms with Gasteiger partial charge in [0.1, 0.15) is 5.75 Å². The molecule has 1 atom stereocenters. The number of likely N-dealkylation sites (tertiary alicyclic amines) is 1. The van der Waals surface area contributed by atoms with Crippen LogP contribution in [0.4, 0.5) is 0 Å². The number of hydrogen-bond acceptors (Lipinski definition) is 4. The summed E-state index contributed by atoms with van der Waals surface area (Å²) >= 11 is 5.99. The van der Waals surface area contributed by atoms with Crippen molar-refractivity contribution in [2.45, 2.75) is 25.6 Å². The summed E-state index contributed by atoms with van der Waals surface area (Å²) in [6.07, 6.45) is 2.15. The van der Waals surface area contributed by atoms with Crippen molar-refractivity contribution in [3.05, 3.63) is 63.6 Å². The van der Waals surface area contributed by atoms with Gasteiger partial charge in [-0.15, -0.1) is 0 Å². The van der Waals surface area contributed by atoms with E-state index < -0.39 is 0 Å². The van der Waals surface area contributed by atoms with Crippen LogP contribution in [0, 0.1) is 0 Å². The normalized spacial score (nSPS) is 18.1. The van der Waals surface area contributed by atoms with Crippen LogP contribution in [0.15, 0.2) is 51.7 Å². The van der Waals surface area contributed by atoms with Crippen molar-refractivity contribution in [1.82, 2.24) is 9.47 Å². The van der Waals surface area contributed by atoms with Gasteiger partial charge >= 0.3 is 5.76 Å². The highest BCUT2D eigenvalue weighted by Crippen LogP contribution is 2.34. The number of ether oxygens (including phenoxy) is 1. The maximum atomic E-state index is 12.3. The Labute approximate surface area is 150 Å². The van der Waals surface area contributed by atoms with E-state index in [-0.39, 0.29) is 11.8 Å². The number of rotatable bonds is 4. The van der Waals surface area contributed by atoms with E-state index in [0.29, 0.717) is 17.3 Å². The molecule has 0 radical (unpaired) electrons. The maximum absolute atomic E-state index is 12.3. The zero-order valence-electron chi connectivity index (χ0n) is 13.9. The van der Waals surface area contributed by atoms with E-state index in [4.69, 9.17) is 20.8 Å². The Hall–Kier alpha value is -2.24. The van der Waals surface area contributed by atoms with E-state index in [1.54, 1.807) is 23.8 Å². The molecule has 1 saturated heterocycles. The molecule has 2 heterocycles. The molecular formula is C19H19ClN2O3. The van der Waals surface area contributed by atoms with Gasteiger partial charge in [-0.25, -0.2) is 4.79 Å². The predicted molar refractivity (Wildman–Crippen MR) is 97.2 cm³/mol. The van der Waals surface area contributed by atoms with Crippen LogP contribution < -0.4 is 10.5 Å². The second-order valence-electron chi connectivity index (χ2n) is 6.30. The highest BCUT2D eigenvalue weighted by molar-refractivity contribution is 6.31. The highest BCUT2D eigenvalue weighted by atomic mass is 35.5. The molecule has 6 heteroatoms. The molecule has 0 amide bonds. The summed E-state index contributed by atoms with van der Waals surface area (Å²) in [4.78, 5) is 14.6. The Morgan fingerprint density at radius 1 is 1.28 bits per heavy atom. The number of methoxy groups -OCH3 is 1. The molecule has 1 fully saturated rings. The third-order valence-electron chi connectivity index (χ3n) is 4.80. The Bertz CT molecular complexity index is 963. The number of benzene rings is 2. The molecule has 5 nitrogen and oxygen atoms in total. The first-order valence-corrected chi connectivity index (χ1v) is 8.70. The molecule has 0 spiro atoms. The number of nitrogens with zero attached hydrogens (tertiary/aromatic N) is 2. The minimum Gasteiger partial charge on any atom is -0.497 e. The smallest absolute Gasteiger partial charge is 0.421 e. The van der Waals surface area contributed by atoms with Crippen molar-refractivity contribution in [1.29, 1.82) is 0 Å². The molecule has 1 unspecified atom stereocenters. The number of halogens is 1. The van der Waals surface area contributed by atoms with Gasteiger partial charge in [-0.05, 0) is 42.7 Å². The van der Waals surface area contributed by atoms with Gasteiger partial charge in [0.2, 0.25) is 0 Å². The Balaban J connectivity index is 1.66. The molecule has 4 rings (SSSR count). The first-order chi connectivity index (χ1) is 12.2. The van der Waals surface area contributed by atoms with Crippen molar-refractivity contribution in [2.75, 3.05) is 13.7 Å². The molecular weight excluding hydrogens is 340 g/mol. The standard InChI is InChI=1S/C19H19ClN2O3/c1-24-15-5-2-4-13(10-15)16-6-3-9-21(16)12-22-17-8-7-14(20)11-18(17)25-19(22)23/h2,4-5,7-8,10-11,16H,3,6,9,12H2,1H3. The Kier molecular flexibility index (Phi) is 4.27. The van der Waals surface area contributed by atoms with Crippen molar-refractivity contribution >= 4 is 22.7 Å². The van der Waals surface area contributed by atoms with Gasteiger partial charge in [0.05, 0.1) is 19.3 Å².